The van der Waals surface area contributed by atoms with E-state index in [0.29, 0.717) is 0 Å². The van der Waals surface area contributed by atoms with Crippen molar-refractivity contribution in [1.82, 2.24) is 4.98 Å². The zero-order valence-electron chi connectivity index (χ0n) is 10.6. The van der Waals surface area contributed by atoms with E-state index in [9.17, 15) is 17.2 Å². The zero-order valence-corrected chi connectivity index (χ0v) is 12.2. The molecule has 9 heteroatoms. The van der Waals surface area contributed by atoms with Gasteiger partial charge in [-0.2, -0.15) is 0 Å². The Hall–Kier alpha value is -1.93. The summed E-state index contributed by atoms with van der Waals surface area (Å²) >= 11 is 5.58. The normalized spacial score (nSPS) is 11.2. The lowest BCUT2D eigenvalue weighted by atomic mass is 10.3. The quantitative estimate of drug-likeness (QED) is 0.933. The Balaban J connectivity index is 2.45. The third-order valence-electron chi connectivity index (χ3n) is 2.44. The van der Waals surface area contributed by atoms with Crippen LogP contribution in [0.4, 0.5) is 14.5 Å². The molecule has 0 spiro atoms. The van der Waals surface area contributed by atoms with Gasteiger partial charge in [0.15, 0.2) is 4.90 Å². The molecule has 1 heterocycles. The van der Waals surface area contributed by atoms with E-state index in [1.54, 1.807) is 0 Å². The van der Waals surface area contributed by atoms with Crippen molar-refractivity contribution in [3.05, 3.63) is 47.1 Å². The fourth-order valence-electron chi connectivity index (χ4n) is 1.53. The largest absolute Gasteiger partial charge is 0.480 e. The molecule has 21 heavy (non-hydrogen) atoms. The average molecular weight is 335 g/mol. The highest BCUT2D eigenvalue weighted by Gasteiger charge is 2.23. The second kappa shape index (κ2) is 5.82. The lowest BCUT2D eigenvalue weighted by molar-refractivity contribution is 0.382. The lowest BCUT2D eigenvalue weighted by Gasteiger charge is -2.11. The van der Waals surface area contributed by atoms with Crippen molar-refractivity contribution >= 4 is 27.3 Å². The fraction of sp³-hybridized carbons (Fsp3) is 0.0833. The van der Waals surface area contributed by atoms with Crippen LogP contribution in [0.25, 0.3) is 0 Å². The van der Waals surface area contributed by atoms with Crippen LogP contribution in [0.3, 0.4) is 0 Å². The summed E-state index contributed by atoms with van der Waals surface area (Å²) in [6, 6.07) is 4.13. The van der Waals surface area contributed by atoms with Crippen LogP contribution in [0.5, 0.6) is 5.88 Å². The molecule has 1 N–H and O–H groups in total. The highest BCUT2D eigenvalue weighted by Crippen LogP contribution is 2.26. The van der Waals surface area contributed by atoms with Gasteiger partial charge in [0, 0.05) is 11.1 Å². The lowest BCUT2D eigenvalue weighted by Crippen LogP contribution is -2.16. The Bertz CT molecular complexity index is 784. The third-order valence-corrected chi connectivity index (χ3v) is 4.04. The van der Waals surface area contributed by atoms with Crippen molar-refractivity contribution in [1.29, 1.82) is 0 Å². The van der Waals surface area contributed by atoms with Gasteiger partial charge in [0.1, 0.15) is 11.6 Å². The Kier molecular flexibility index (Phi) is 4.29. The van der Waals surface area contributed by atoms with E-state index >= 15 is 0 Å². The zero-order chi connectivity index (χ0) is 15.6. The van der Waals surface area contributed by atoms with Gasteiger partial charge in [-0.05, 0) is 18.2 Å². The van der Waals surface area contributed by atoms with Crippen LogP contribution in [-0.4, -0.2) is 20.5 Å². The number of nitrogens with one attached hydrogen (secondary N) is 1. The number of halogens is 3. The molecule has 0 bridgehead atoms. The van der Waals surface area contributed by atoms with Gasteiger partial charge >= 0.3 is 0 Å². The maximum absolute atomic E-state index is 13.6. The van der Waals surface area contributed by atoms with Crippen molar-refractivity contribution in [3.8, 4) is 5.88 Å². The molecule has 0 saturated carbocycles. The van der Waals surface area contributed by atoms with E-state index < -0.39 is 26.6 Å². The molecule has 0 amide bonds. The van der Waals surface area contributed by atoms with E-state index in [0.717, 1.165) is 24.4 Å². The van der Waals surface area contributed by atoms with Crippen LogP contribution >= 0.6 is 11.6 Å². The third kappa shape index (κ3) is 3.40. The number of sulfonamides is 1. The Morgan fingerprint density at radius 1 is 1.29 bits per heavy atom. The van der Waals surface area contributed by atoms with E-state index in [-0.39, 0.29) is 16.6 Å². The van der Waals surface area contributed by atoms with Gasteiger partial charge in [-0.3, -0.25) is 4.72 Å². The smallest absolute Gasteiger partial charge is 0.267 e. The summed E-state index contributed by atoms with van der Waals surface area (Å²) in [5.41, 5.74) is -0.328. The first-order valence-corrected chi connectivity index (χ1v) is 7.37. The molecule has 2 rings (SSSR count). The van der Waals surface area contributed by atoms with E-state index in [1.807, 2.05) is 4.72 Å². The summed E-state index contributed by atoms with van der Waals surface area (Å²) < 4.78 is 57.9. The van der Waals surface area contributed by atoms with Gasteiger partial charge in [-0.1, -0.05) is 11.6 Å². The molecule has 2 aromatic rings. The van der Waals surface area contributed by atoms with Gasteiger partial charge < -0.3 is 4.74 Å². The summed E-state index contributed by atoms with van der Waals surface area (Å²) in [4.78, 5) is 2.97. The number of pyridine rings is 1. The number of benzene rings is 1. The second-order valence-electron chi connectivity index (χ2n) is 3.89. The van der Waals surface area contributed by atoms with E-state index in [4.69, 9.17) is 16.3 Å². The van der Waals surface area contributed by atoms with Crippen molar-refractivity contribution in [2.45, 2.75) is 4.90 Å². The Labute approximate surface area is 124 Å². The molecule has 0 atom stereocenters. The van der Waals surface area contributed by atoms with Crippen molar-refractivity contribution in [2.24, 2.45) is 0 Å². The van der Waals surface area contributed by atoms with Gasteiger partial charge in [0.05, 0.1) is 19.0 Å². The van der Waals surface area contributed by atoms with Crippen LogP contribution < -0.4 is 9.46 Å². The molecule has 0 radical (unpaired) electrons. The molecular weight excluding hydrogens is 326 g/mol. The van der Waals surface area contributed by atoms with Crippen molar-refractivity contribution < 1.29 is 21.9 Å². The van der Waals surface area contributed by atoms with Crippen molar-refractivity contribution in [2.75, 3.05) is 11.8 Å². The number of hydrogen-bond acceptors (Lipinski definition) is 4. The number of nitrogens with zero attached hydrogens (tertiary/aromatic N) is 1. The highest BCUT2D eigenvalue weighted by molar-refractivity contribution is 7.92. The highest BCUT2D eigenvalue weighted by atomic mass is 35.5. The predicted molar refractivity (Wildman–Crippen MR) is 73.0 cm³/mol. The SMILES string of the molecule is COc1ncc(F)cc1S(=O)(=O)Nc1ccc(Cl)cc1F. The number of ether oxygens (including phenoxy) is 1. The first-order chi connectivity index (χ1) is 9.83. The minimum atomic E-state index is -4.27. The summed E-state index contributed by atoms with van der Waals surface area (Å²) in [5, 5.41) is 0.112. The van der Waals surface area contributed by atoms with E-state index in [1.165, 1.54) is 13.2 Å². The molecule has 112 valence electrons. The number of hydrogen-bond donors (Lipinski definition) is 1. The molecule has 1 aromatic heterocycles. The minimum absolute atomic E-state index is 0.112. The summed E-state index contributed by atoms with van der Waals surface area (Å²) in [5.74, 6) is -2.04. The maximum atomic E-state index is 13.6. The standard InChI is InChI=1S/C12H9ClF2N2O3S/c1-20-12-11(5-8(14)6-16-12)21(18,19)17-10-3-2-7(13)4-9(10)15/h2-6,17H,1H3. The first-order valence-electron chi connectivity index (χ1n) is 5.51. The van der Waals surface area contributed by atoms with Gasteiger partial charge in [-0.15, -0.1) is 0 Å². The predicted octanol–water partition coefficient (Wildman–Crippen LogP) is 2.82. The molecule has 0 saturated heterocycles. The van der Waals surface area contributed by atoms with Gasteiger partial charge in [0.2, 0.25) is 5.88 Å². The van der Waals surface area contributed by atoms with Crippen LogP contribution in [0.1, 0.15) is 0 Å². The molecule has 0 aliphatic heterocycles. The average Bonchev–Trinajstić information content (AvgIpc) is 2.42. The number of aromatic nitrogens is 1. The Morgan fingerprint density at radius 2 is 2.00 bits per heavy atom. The minimum Gasteiger partial charge on any atom is -0.480 e. The molecule has 1 aromatic carbocycles. The van der Waals surface area contributed by atoms with Crippen LogP contribution in [0.15, 0.2) is 35.4 Å². The van der Waals surface area contributed by atoms with Crippen LogP contribution in [0.2, 0.25) is 5.02 Å². The summed E-state index contributed by atoms with van der Waals surface area (Å²) in [6.07, 6.45) is 0.806. The van der Waals surface area contributed by atoms with Crippen LogP contribution in [0, 0.1) is 11.6 Å². The fourth-order valence-corrected chi connectivity index (χ4v) is 2.88. The summed E-state index contributed by atoms with van der Waals surface area (Å²) in [7, 11) is -3.09. The molecule has 0 aliphatic carbocycles. The molecular formula is C12H9ClF2N2O3S. The molecule has 0 fully saturated rings. The molecule has 5 nitrogen and oxygen atoms in total. The topological polar surface area (TPSA) is 68.3 Å². The molecule has 0 unspecified atom stereocenters. The molecule has 0 aliphatic rings. The van der Waals surface area contributed by atoms with Gasteiger partial charge in [0.25, 0.3) is 10.0 Å². The first kappa shape index (κ1) is 15.5. The second-order valence-corrected chi connectivity index (χ2v) is 5.98. The van der Waals surface area contributed by atoms with Gasteiger partial charge in [-0.25, -0.2) is 22.2 Å². The number of methoxy groups -OCH3 is 1. The number of anilines is 1. The monoisotopic (exact) mass is 334 g/mol. The van der Waals surface area contributed by atoms with E-state index in [2.05, 4.69) is 4.98 Å². The summed E-state index contributed by atoms with van der Waals surface area (Å²) in [6.45, 7) is 0. The van der Waals surface area contributed by atoms with Crippen molar-refractivity contribution in [3.63, 3.8) is 0 Å². The van der Waals surface area contributed by atoms with Crippen LogP contribution in [-0.2, 0) is 10.0 Å². The Morgan fingerprint density at radius 3 is 2.62 bits per heavy atom. The maximum Gasteiger partial charge on any atom is 0.267 e. The number of rotatable bonds is 4.